The number of para-hydroxylation sites is 2. The van der Waals surface area contributed by atoms with Gasteiger partial charge in [-0.3, -0.25) is 4.79 Å². The number of amides is 1. The molecule has 4 heteroatoms. The van der Waals surface area contributed by atoms with Crippen molar-refractivity contribution in [3.63, 3.8) is 0 Å². The third-order valence-electron chi connectivity index (χ3n) is 3.78. The molecule has 0 unspecified atom stereocenters. The quantitative estimate of drug-likeness (QED) is 0.573. The van der Waals surface area contributed by atoms with Crippen molar-refractivity contribution < 1.29 is 4.79 Å². The molecule has 1 amide bonds. The topological polar surface area (TPSA) is 57.8 Å². The van der Waals surface area contributed by atoms with Gasteiger partial charge in [0.25, 0.3) is 5.91 Å². The second-order valence-electron chi connectivity index (χ2n) is 5.61. The van der Waals surface area contributed by atoms with Gasteiger partial charge in [0, 0.05) is 23.3 Å². The maximum absolute atomic E-state index is 12.3. The number of hydrogen-bond acceptors (Lipinski definition) is 2. The summed E-state index contributed by atoms with van der Waals surface area (Å²) >= 11 is 0. The Morgan fingerprint density at radius 2 is 1.72 bits per heavy atom. The Morgan fingerprint density at radius 3 is 2.36 bits per heavy atom. The van der Waals surface area contributed by atoms with Crippen molar-refractivity contribution in [1.82, 2.24) is 4.57 Å². The lowest BCUT2D eigenvalue weighted by Gasteiger charge is -2.04. The molecule has 0 bridgehead atoms. The van der Waals surface area contributed by atoms with Gasteiger partial charge in [0.2, 0.25) is 0 Å². The second-order valence-corrected chi connectivity index (χ2v) is 5.61. The molecule has 0 fully saturated rings. The number of anilines is 1. The first-order chi connectivity index (χ1) is 12.2. The average Bonchev–Trinajstić information content (AvgIpc) is 3.01. The fourth-order valence-corrected chi connectivity index (χ4v) is 2.58. The van der Waals surface area contributed by atoms with Gasteiger partial charge >= 0.3 is 0 Å². The molecule has 3 rings (SSSR count). The van der Waals surface area contributed by atoms with Crippen LogP contribution >= 0.6 is 0 Å². The van der Waals surface area contributed by atoms with Gasteiger partial charge in [0.1, 0.15) is 11.6 Å². The number of benzene rings is 2. The Morgan fingerprint density at radius 1 is 1.08 bits per heavy atom. The van der Waals surface area contributed by atoms with Gasteiger partial charge in [-0.25, -0.2) is 0 Å². The summed E-state index contributed by atoms with van der Waals surface area (Å²) in [6.07, 6.45) is 3.52. The highest BCUT2D eigenvalue weighted by molar-refractivity contribution is 6.09. The van der Waals surface area contributed by atoms with Crippen molar-refractivity contribution >= 4 is 17.7 Å². The number of hydrogen-bond donors (Lipinski definition) is 1. The minimum absolute atomic E-state index is 0.0639. The van der Waals surface area contributed by atoms with Gasteiger partial charge in [-0.15, -0.1) is 0 Å². The highest BCUT2D eigenvalue weighted by Gasteiger charge is 2.11. The molecule has 0 saturated heterocycles. The van der Waals surface area contributed by atoms with Crippen LogP contribution in [-0.4, -0.2) is 10.5 Å². The number of nitriles is 1. The summed E-state index contributed by atoms with van der Waals surface area (Å²) in [7, 11) is 0. The van der Waals surface area contributed by atoms with Crippen LogP contribution in [0, 0.1) is 18.3 Å². The molecule has 4 nitrogen and oxygen atoms in total. The van der Waals surface area contributed by atoms with Crippen molar-refractivity contribution in [3.05, 3.63) is 89.8 Å². The molecular formula is C21H17N3O. The van der Waals surface area contributed by atoms with Crippen LogP contribution in [0.3, 0.4) is 0 Å². The van der Waals surface area contributed by atoms with Crippen molar-refractivity contribution in [1.29, 1.82) is 5.26 Å². The van der Waals surface area contributed by atoms with E-state index in [1.807, 2.05) is 78.4 Å². The number of aryl methyl sites for hydroxylation is 1. The molecule has 0 saturated carbocycles. The molecule has 1 heterocycles. The van der Waals surface area contributed by atoms with Crippen molar-refractivity contribution in [2.75, 3.05) is 5.32 Å². The molecular weight excluding hydrogens is 310 g/mol. The molecule has 0 radical (unpaired) electrons. The zero-order chi connectivity index (χ0) is 17.6. The Hall–Kier alpha value is -3.58. The predicted octanol–water partition coefficient (Wildman–Crippen LogP) is 4.33. The smallest absolute Gasteiger partial charge is 0.266 e. The fraction of sp³-hybridized carbons (Fsp3) is 0.0476. The number of rotatable bonds is 4. The van der Waals surface area contributed by atoms with E-state index in [0.29, 0.717) is 5.69 Å². The zero-order valence-electron chi connectivity index (χ0n) is 13.8. The first-order valence-corrected chi connectivity index (χ1v) is 7.90. The highest BCUT2D eigenvalue weighted by atomic mass is 16.1. The normalized spacial score (nSPS) is 11.0. The molecule has 0 aliphatic rings. The van der Waals surface area contributed by atoms with Crippen LogP contribution in [0.2, 0.25) is 0 Å². The Labute approximate surface area is 146 Å². The lowest BCUT2D eigenvalue weighted by Crippen LogP contribution is -2.13. The SMILES string of the molecule is Cc1cc(/C=C(\C#N)C(=O)Nc2ccccc2)cn1-c1ccccc1. The Kier molecular flexibility index (Phi) is 4.77. The minimum atomic E-state index is -0.418. The minimum Gasteiger partial charge on any atom is -0.321 e. The number of carbonyl (C=O) groups excluding carboxylic acids is 1. The third-order valence-corrected chi connectivity index (χ3v) is 3.78. The van der Waals surface area contributed by atoms with Gasteiger partial charge < -0.3 is 9.88 Å². The molecule has 0 aliphatic heterocycles. The first kappa shape index (κ1) is 16.3. The van der Waals surface area contributed by atoms with Gasteiger partial charge in [-0.1, -0.05) is 36.4 Å². The molecule has 2 aromatic carbocycles. The lowest BCUT2D eigenvalue weighted by molar-refractivity contribution is -0.112. The largest absolute Gasteiger partial charge is 0.321 e. The van der Waals surface area contributed by atoms with E-state index in [1.165, 1.54) is 0 Å². The molecule has 122 valence electrons. The summed E-state index contributed by atoms with van der Waals surface area (Å²) in [4.78, 5) is 12.3. The number of nitrogens with one attached hydrogen (secondary N) is 1. The summed E-state index contributed by atoms with van der Waals surface area (Å²) in [6, 6.07) is 22.9. The van der Waals surface area contributed by atoms with E-state index in [1.54, 1.807) is 18.2 Å². The van der Waals surface area contributed by atoms with Crippen LogP contribution in [0.5, 0.6) is 0 Å². The van der Waals surface area contributed by atoms with Gasteiger partial charge in [-0.05, 0) is 48.9 Å². The third kappa shape index (κ3) is 3.85. The predicted molar refractivity (Wildman–Crippen MR) is 99.2 cm³/mol. The van der Waals surface area contributed by atoms with Crippen LogP contribution in [0.4, 0.5) is 5.69 Å². The Bertz CT molecular complexity index is 948. The van der Waals surface area contributed by atoms with E-state index < -0.39 is 5.91 Å². The van der Waals surface area contributed by atoms with Gasteiger partial charge in [-0.2, -0.15) is 5.26 Å². The van der Waals surface area contributed by atoms with E-state index >= 15 is 0 Å². The summed E-state index contributed by atoms with van der Waals surface area (Å²) in [5, 5.41) is 12.1. The molecule has 3 aromatic rings. The van der Waals surface area contributed by atoms with Crippen LogP contribution in [-0.2, 0) is 4.79 Å². The monoisotopic (exact) mass is 327 g/mol. The maximum atomic E-state index is 12.3. The molecule has 0 aliphatic carbocycles. The summed E-state index contributed by atoms with van der Waals surface area (Å²) in [5.41, 5.74) is 3.59. The van der Waals surface area contributed by atoms with E-state index in [9.17, 15) is 10.1 Å². The number of aromatic nitrogens is 1. The van der Waals surface area contributed by atoms with Crippen molar-refractivity contribution in [3.8, 4) is 11.8 Å². The zero-order valence-corrected chi connectivity index (χ0v) is 13.8. The lowest BCUT2D eigenvalue weighted by atomic mass is 10.2. The number of nitrogens with zero attached hydrogens (tertiary/aromatic N) is 2. The van der Waals surface area contributed by atoms with Crippen LogP contribution in [0.25, 0.3) is 11.8 Å². The van der Waals surface area contributed by atoms with Gasteiger partial charge in [0.05, 0.1) is 0 Å². The average molecular weight is 327 g/mol. The van der Waals surface area contributed by atoms with E-state index in [-0.39, 0.29) is 5.57 Å². The first-order valence-electron chi connectivity index (χ1n) is 7.90. The van der Waals surface area contributed by atoms with E-state index in [0.717, 1.165) is 16.9 Å². The molecule has 0 atom stereocenters. The van der Waals surface area contributed by atoms with Crippen LogP contribution in [0.1, 0.15) is 11.3 Å². The molecule has 25 heavy (non-hydrogen) atoms. The summed E-state index contributed by atoms with van der Waals surface area (Å²) < 4.78 is 2.02. The molecule has 0 spiro atoms. The van der Waals surface area contributed by atoms with E-state index in [2.05, 4.69) is 5.32 Å². The summed E-state index contributed by atoms with van der Waals surface area (Å²) in [5.74, 6) is -0.418. The van der Waals surface area contributed by atoms with Crippen LogP contribution in [0.15, 0.2) is 78.5 Å². The van der Waals surface area contributed by atoms with Crippen LogP contribution < -0.4 is 5.32 Å². The highest BCUT2D eigenvalue weighted by Crippen LogP contribution is 2.18. The van der Waals surface area contributed by atoms with Crippen molar-refractivity contribution in [2.24, 2.45) is 0 Å². The maximum Gasteiger partial charge on any atom is 0.266 e. The fourth-order valence-electron chi connectivity index (χ4n) is 2.58. The molecule has 1 N–H and O–H groups in total. The second kappa shape index (κ2) is 7.33. The number of carbonyl (C=O) groups is 1. The van der Waals surface area contributed by atoms with Gasteiger partial charge in [0.15, 0.2) is 0 Å². The standard InChI is InChI=1S/C21H17N3O/c1-16-12-17(15-24(16)20-10-6-3-7-11-20)13-18(14-22)21(25)23-19-8-4-2-5-9-19/h2-13,15H,1H3,(H,23,25)/b18-13+. The Balaban J connectivity index is 1.86. The van der Waals surface area contributed by atoms with E-state index in [4.69, 9.17) is 0 Å². The molecule has 1 aromatic heterocycles. The summed E-state index contributed by atoms with van der Waals surface area (Å²) in [6.45, 7) is 1.99. The van der Waals surface area contributed by atoms with Crippen molar-refractivity contribution in [2.45, 2.75) is 6.92 Å².